The van der Waals surface area contributed by atoms with E-state index in [1.807, 2.05) is 0 Å². The molecule has 0 bridgehead atoms. The molecule has 0 spiro atoms. The van der Waals surface area contributed by atoms with Gasteiger partial charge in [0.25, 0.3) is 0 Å². The van der Waals surface area contributed by atoms with Gasteiger partial charge in [0.05, 0.1) is 11.8 Å². The number of thioether (sulfide) groups is 1. The number of carboxylic acid groups (broad SMARTS) is 1. The molecule has 14 heavy (non-hydrogen) atoms. The van der Waals surface area contributed by atoms with Crippen molar-refractivity contribution in [2.45, 2.75) is 11.8 Å². The molecular formula is C8H10N2O3S. The summed E-state index contributed by atoms with van der Waals surface area (Å²) < 4.78 is 0. The van der Waals surface area contributed by atoms with Crippen LogP contribution in [0.4, 0.5) is 0 Å². The maximum atomic E-state index is 11.2. The Hall–Kier alpha value is -1.01. The molecule has 1 fully saturated rings. The van der Waals surface area contributed by atoms with Gasteiger partial charge in [0.1, 0.15) is 5.70 Å². The van der Waals surface area contributed by atoms with Crippen LogP contribution in [-0.2, 0) is 9.59 Å². The second kappa shape index (κ2) is 3.29. The van der Waals surface area contributed by atoms with E-state index >= 15 is 0 Å². The molecule has 0 aromatic heterocycles. The van der Waals surface area contributed by atoms with Gasteiger partial charge in [-0.2, -0.15) is 0 Å². The van der Waals surface area contributed by atoms with Crippen LogP contribution in [-0.4, -0.2) is 39.6 Å². The lowest BCUT2D eigenvalue weighted by atomic mass is 10.1. The Labute approximate surface area is 84.9 Å². The van der Waals surface area contributed by atoms with Crippen molar-refractivity contribution in [3.63, 3.8) is 0 Å². The molecule has 1 saturated heterocycles. The monoisotopic (exact) mass is 214 g/mol. The third-order valence-corrected chi connectivity index (χ3v) is 3.66. The highest BCUT2D eigenvalue weighted by Crippen LogP contribution is 2.39. The summed E-state index contributed by atoms with van der Waals surface area (Å²) in [7, 11) is 0. The minimum absolute atomic E-state index is 0.0175. The van der Waals surface area contributed by atoms with Crippen molar-refractivity contribution in [3.05, 3.63) is 11.3 Å². The third kappa shape index (κ3) is 1.22. The lowest BCUT2D eigenvalue weighted by molar-refractivity contribution is -0.146. The molecule has 0 saturated carbocycles. The number of rotatable bonds is 2. The molecule has 1 atom stereocenters. The average molecular weight is 214 g/mol. The number of carbonyl (C=O) groups excluding carboxylic acids is 1. The Morgan fingerprint density at radius 1 is 1.71 bits per heavy atom. The summed E-state index contributed by atoms with van der Waals surface area (Å²) in [6, 6.07) is 0. The van der Waals surface area contributed by atoms with Crippen LogP contribution in [0.1, 0.15) is 6.42 Å². The molecule has 0 unspecified atom stereocenters. The smallest absolute Gasteiger partial charge is 0.352 e. The number of carbonyl (C=O) groups is 2. The second-order valence-electron chi connectivity index (χ2n) is 3.19. The Morgan fingerprint density at radius 2 is 2.43 bits per heavy atom. The van der Waals surface area contributed by atoms with E-state index < -0.39 is 5.97 Å². The Morgan fingerprint density at radius 3 is 2.93 bits per heavy atom. The highest BCUT2D eigenvalue weighted by atomic mass is 32.2. The summed E-state index contributed by atoms with van der Waals surface area (Å²) in [6.07, 6.45) is 0.444. The first kappa shape index (κ1) is 9.54. The molecule has 76 valence electrons. The van der Waals surface area contributed by atoms with Crippen LogP contribution >= 0.6 is 11.8 Å². The SMILES string of the molecule is NCC1=C(C(=O)O)N2C(=O)C[C@@H]2SC1. The van der Waals surface area contributed by atoms with E-state index in [-0.39, 0.29) is 23.5 Å². The zero-order valence-corrected chi connectivity index (χ0v) is 8.21. The van der Waals surface area contributed by atoms with E-state index in [4.69, 9.17) is 10.8 Å². The van der Waals surface area contributed by atoms with Crippen molar-refractivity contribution in [1.29, 1.82) is 0 Å². The molecule has 6 heteroatoms. The van der Waals surface area contributed by atoms with Crippen LogP contribution in [0.3, 0.4) is 0 Å². The number of aliphatic carboxylic acids is 1. The van der Waals surface area contributed by atoms with Gasteiger partial charge in [-0.3, -0.25) is 9.69 Å². The van der Waals surface area contributed by atoms with Gasteiger partial charge >= 0.3 is 5.97 Å². The second-order valence-corrected chi connectivity index (χ2v) is 4.36. The molecule has 2 rings (SSSR count). The number of β-lactam (4-membered cyclic amide) rings is 1. The van der Waals surface area contributed by atoms with E-state index in [0.717, 1.165) is 0 Å². The summed E-state index contributed by atoms with van der Waals surface area (Å²) >= 11 is 1.57. The number of carboxylic acids is 1. The zero-order valence-electron chi connectivity index (χ0n) is 7.40. The van der Waals surface area contributed by atoms with Gasteiger partial charge in [0.2, 0.25) is 5.91 Å². The molecular weight excluding hydrogens is 204 g/mol. The predicted molar refractivity (Wildman–Crippen MR) is 51.4 cm³/mol. The molecule has 1 amide bonds. The highest BCUT2D eigenvalue weighted by molar-refractivity contribution is 8.00. The maximum absolute atomic E-state index is 11.2. The number of nitrogens with two attached hydrogens (primary N) is 1. The quantitative estimate of drug-likeness (QED) is 0.610. The van der Waals surface area contributed by atoms with Gasteiger partial charge < -0.3 is 10.8 Å². The van der Waals surface area contributed by atoms with E-state index in [1.54, 1.807) is 11.8 Å². The number of fused-ring (bicyclic) bond motifs is 1. The Bertz CT molecular complexity index is 339. The molecule has 0 aliphatic carbocycles. The lowest BCUT2D eigenvalue weighted by Gasteiger charge is -2.43. The van der Waals surface area contributed by atoms with E-state index in [9.17, 15) is 9.59 Å². The Balaban J connectivity index is 2.37. The minimum atomic E-state index is -1.05. The van der Waals surface area contributed by atoms with Gasteiger partial charge in [0.15, 0.2) is 0 Å². The summed E-state index contributed by atoms with van der Waals surface area (Å²) in [5.74, 6) is -0.554. The van der Waals surface area contributed by atoms with Crippen molar-refractivity contribution in [2.24, 2.45) is 5.73 Å². The van der Waals surface area contributed by atoms with Crippen LogP contribution < -0.4 is 5.73 Å². The van der Waals surface area contributed by atoms with Gasteiger partial charge in [-0.15, -0.1) is 11.8 Å². The number of hydrogen-bond acceptors (Lipinski definition) is 4. The van der Waals surface area contributed by atoms with Crippen LogP contribution in [0.2, 0.25) is 0 Å². The fourth-order valence-corrected chi connectivity index (χ4v) is 2.92. The standard InChI is InChI=1S/C8H10N2O3S/c9-2-4-3-14-6-1-5(11)10(6)7(4)8(12)13/h6H,1-3,9H2,(H,12,13)/t6-/m0/s1. The maximum Gasteiger partial charge on any atom is 0.352 e. The van der Waals surface area contributed by atoms with Crippen molar-refractivity contribution in [2.75, 3.05) is 12.3 Å². The first-order chi connectivity index (χ1) is 6.65. The summed E-state index contributed by atoms with van der Waals surface area (Å²) in [6.45, 7) is 0.200. The molecule has 3 N–H and O–H groups in total. The fraction of sp³-hybridized carbons (Fsp3) is 0.500. The largest absolute Gasteiger partial charge is 0.477 e. The average Bonchev–Trinajstić information content (AvgIpc) is 2.15. The van der Waals surface area contributed by atoms with Gasteiger partial charge in [-0.1, -0.05) is 0 Å². The van der Waals surface area contributed by atoms with Crippen LogP contribution in [0.5, 0.6) is 0 Å². The molecule has 0 radical (unpaired) electrons. The van der Waals surface area contributed by atoms with Gasteiger partial charge in [-0.25, -0.2) is 4.79 Å². The molecule has 5 nitrogen and oxygen atoms in total. The topological polar surface area (TPSA) is 83.6 Å². The molecule has 0 aromatic rings. The first-order valence-corrected chi connectivity index (χ1v) is 5.29. The van der Waals surface area contributed by atoms with E-state index in [2.05, 4.69) is 0 Å². The minimum Gasteiger partial charge on any atom is -0.477 e. The van der Waals surface area contributed by atoms with E-state index in [1.165, 1.54) is 4.90 Å². The van der Waals surface area contributed by atoms with Crippen molar-refractivity contribution in [3.8, 4) is 0 Å². The normalized spacial score (nSPS) is 25.9. The Kier molecular flexibility index (Phi) is 2.24. The predicted octanol–water partition coefficient (Wildman–Crippen LogP) is -0.411. The molecule has 2 aliphatic heterocycles. The zero-order chi connectivity index (χ0) is 10.3. The van der Waals surface area contributed by atoms with Crippen molar-refractivity contribution < 1.29 is 14.7 Å². The summed E-state index contributed by atoms with van der Waals surface area (Å²) in [4.78, 5) is 23.5. The van der Waals surface area contributed by atoms with Crippen molar-refractivity contribution in [1.82, 2.24) is 4.90 Å². The first-order valence-electron chi connectivity index (χ1n) is 4.24. The molecule has 2 heterocycles. The number of amides is 1. The molecule has 0 aromatic carbocycles. The van der Waals surface area contributed by atoms with Gasteiger partial charge in [-0.05, 0) is 5.57 Å². The van der Waals surface area contributed by atoms with Crippen LogP contribution in [0.15, 0.2) is 11.3 Å². The van der Waals surface area contributed by atoms with Crippen LogP contribution in [0.25, 0.3) is 0 Å². The van der Waals surface area contributed by atoms with Gasteiger partial charge in [0, 0.05) is 12.3 Å². The number of hydrogen-bond donors (Lipinski definition) is 2. The third-order valence-electron chi connectivity index (χ3n) is 2.38. The lowest BCUT2D eigenvalue weighted by Crippen LogP contribution is -2.54. The fourth-order valence-electron chi connectivity index (χ4n) is 1.63. The molecule has 2 aliphatic rings. The highest BCUT2D eigenvalue weighted by Gasteiger charge is 2.44. The van der Waals surface area contributed by atoms with E-state index in [0.29, 0.717) is 17.7 Å². The van der Waals surface area contributed by atoms with Crippen LogP contribution in [0, 0.1) is 0 Å². The van der Waals surface area contributed by atoms with Crippen molar-refractivity contribution >= 4 is 23.6 Å². The summed E-state index contributed by atoms with van der Waals surface area (Å²) in [5, 5.41) is 8.98. The number of nitrogens with zero attached hydrogens (tertiary/aromatic N) is 1. The summed E-state index contributed by atoms with van der Waals surface area (Å²) in [5.41, 5.74) is 6.19.